The maximum Gasteiger partial charge on any atom is 0.469 e. The number of anilines is 1. The number of nitrogens with one attached hydrogen (secondary N) is 1. The second kappa shape index (κ2) is 9.69. The Kier molecular flexibility index (Phi) is 7.42. The summed E-state index contributed by atoms with van der Waals surface area (Å²) in [6.07, 6.45) is 2.59. The van der Waals surface area contributed by atoms with Gasteiger partial charge in [0.15, 0.2) is 0 Å². The Bertz CT molecular complexity index is 1060. The fraction of sp³-hybridized carbons (Fsp3) is 0.826. The van der Waals surface area contributed by atoms with E-state index in [9.17, 15) is 23.9 Å². The third-order valence-corrected chi connectivity index (χ3v) is 10.8. The number of H-pyrrole nitrogens is 1. The number of aromatic nitrogens is 3. The number of nitrogen functional groups attached to an aromatic ring is 1. The number of carbonyl (C=O) groups excluding carboxylic acids is 2. The van der Waals surface area contributed by atoms with Gasteiger partial charge in [0.05, 0.1) is 11.9 Å². The Hall–Kier alpha value is -1.46. The van der Waals surface area contributed by atoms with Crippen LogP contribution in [-0.2, 0) is 23.4 Å². The van der Waals surface area contributed by atoms with Crippen LogP contribution in [0.5, 0.6) is 0 Å². The minimum atomic E-state index is -4.79. The summed E-state index contributed by atoms with van der Waals surface area (Å²) in [5, 5.41) is 6.79. The molecule has 3 saturated carbocycles. The van der Waals surface area contributed by atoms with Gasteiger partial charge in [0.25, 0.3) is 0 Å². The van der Waals surface area contributed by atoms with Crippen molar-refractivity contribution in [3.63, 3.8) is 0 Å². The van der Waals surface area contributed by atoms with Crippen molar-refractivity contribution in [2.24, 2.45) is 28.1 Å². The summed E-state index contributed by atoms with van der Waals surface area (Å²) in [5.41, 5.74) is 3.83. The lowest BCUT2D eigenvalue weighted by molar-refractivity contribution is -0.196. The first-order valence-electron chi connectivity index (χ1n) is 12.5. The highest BCUT2D eigenvalue weighted by molar-refractivity contribution is 7.99. The second-order valence-corrected chi connectivity index (χ2v) is 13.5. The average Bonchev–Trinajstić information content (AvgIpc) is 3.36. The van der Waals surface area contributed by atoms with E-state index in [0.717, 1.165) is 24.6 Å². The normalized spacial score (nSPS) is 38.8. The summed E-state index contributed by atoms with van der Waals surface area (Å²) in [7, 11) is -4.79. The number of nitrogens with zero attached hydrogens (tertiary/aromatic N) is 2. The van der Waals surface area contributed by atoms with Gasteiger partial charge in [-0.1, -0.05) is 39.5 Å². The Morgan fingerprint density at radius 2 is 2.00 bits per heavy atom. The van der Waals surface area contributed by atoms with Gasteiger partial charge in [0.1, 0.15) is 11.9 Å². The van der Waals surface area contributed by atoms with E-state index in [1.807, 2.05) is 13.8 Å². The van der Waals surface area contributed by atoms with Crippen LogP contribution >= 0.6 is 19.6 Å². The molecule has 7 atom stereocenters. The molecule has 0 amide bonds. The first-order chi connectivity index (χ1) is 16.7. The summed E-state index contributed by atoms with van der Waals surface area (Å²) in [6.45, 7) is 8.09. The minimum absolute atomic E-state index is 0.0345. The fourth-order valence-corrected chi connectivity index (χ4v) is 8.35. The number of carbonyl (C=O) groups is 2. The number of thioether (sulfide) groups is 1. The van der Waals surface area contributed by atoms with Crippen LogP contribution in [0, 0.1) is 28.1 Å². The van der Waals surface area contributed by atoms with Crippen LogP contribution in [0.1, 0.15) is 72.6 Å². The van der Waals surface area contributed by atoms with E-state index in [0.29, 0.717) is 37.3 Å². The number of hydrogen-bond acceptors (Lipinski definition) is 9. The Labute approximate surface area is 215 Å². The summed E-state index contributed by atoms with van der Waals surface area (Å²) in [4.78, 5) is 50.1. The van der Waals surface area contributed by atoms with Crippen molar-refractivity contribution in [1.29, 1.82) is 0 Å². The Morgan fingerprint density at radius 1 is 1.28 bits per heavy atom. The summed E-state index contributed by atoms with van der Waals surface area (Å²) < 4.78 is 23.7. The van der Waals surface area contributed by atoms with Gasteiger partial charge in [-0.05, 0) is 55.3 Å². The maximum atomic E-state index is 13.4. The molecule has 1 heterocycles. The maximum absolute atomic E-state index is 13.4. The molecule has 3 aliphatic rings. The van der Waals surface area contributed by atoms with Crippen LogP contribution in [0.2, 0.25) is 0 Å². The molecule has 13 heteroatoms. The minimum Gasteiger partial charge on any atom is -0.461 e. The van der Waals surface area contributed by atoms with Crippen molar-refractivity contribution >= 4 is 37.3 Å². The van der Waals surface area contributed by atoms with Gasteiger partial charge in [-0.3, -0.25) is 14.1 Å². The molecule has 11 nitrogen and oxygen atoms in total. The molecule has 5 N–H and O–H groups in total. The lowest BCUT2D eigenvalue weighted by atomic mass is 9.46. The molecule has 3 aliphatic carbocycles. The summed E-state index contributed by atoms with van der Waals surface area (Å²) >= 11 is 1.10. The van der Waals surface area contributed by atoms with Gasteiger partial charge in [-0.15, -0.1) is 5.10 Å². The topological polar surface area (TPSA) is 178 Å². The number of phosphoric acid groups is 1. The molecule has 0 radical (unpaired) electrons. The summed E-state index contributed by atoms with van der Waals surface area (Å²) in [5.74, 6) is -0.443. The van der Waals surface area contributed by atoms with Gasteiger partial charge < -0.3 is 20.3 Å². The van der Waals surface area contributed by atoms with Gasteiger partial charge >= 0.3 is 13.8 Å². The van der Waals surface area contributed by atoms with Crippen LogP contribution in [0.4, 0.5) is 5.95 Å². The standard InChI is InChI=1S/C23H37N4O7PS/c1-5-21(3)10-16(33-17(29)12-36-20-25-19(24)26-27-20)22(4)13(2)6-8-23(9-7-14(28)18(22)23)11-15(21)34-35(30,31)32/h13,15-16,18H,5-12H2,1-4H3,(H2,30,31,32)(H3,24,25,26,27)/t13-,15+,16-,18+,21-,22+,23?/m1/s1. The molecule has 2 bridgehead atoms. The number of Topliss-reactive ketones (excluding diaryl/α,β-unsaturated/α-hetero) is 1. The van der Waals surface area contributed by atoms with Crippen molar-refractivity contribution in [2.75, 3.05) is 11.5 Å². The third-order valence-electron chi connectivity index (χ3n) is 9.42. The smallest absolute Gasteiger partial charge is 0.461 e. The number of aromatic amines is 1. The van der Waals surface area contributed by atoms with Crippen molar-refractivity contribution in [1.82, 2.24) is 15.2 Å². The predicted octanol–water partition coefficient (Wildman–Crippen LogP) is 3.48. The largest absolute Gasteiger partial charge is 0.469 e. The second-order valence-electron chi connectivity index (χ2n) is 11.3. The molecule has 1 unspecified atom stereocenters. The van der Waals surface area contributed by atoms with E-state index in [2.05, 4.69) is 29.0 Å². The van der Waals surface area contributed by atoms with Gasteiger partial charge in [0, 0.05) is 17.8 Å². The van der Waals surface area contributed by atoms with Crippen LogP contribution < -0.4 is 5.73 Å². The summed E-state index contributed by atoms with van der Waals surface area (Å²) in [6, 6.07) is 0. The Balaban J connectivity index is 1.71. The number of ether oxygens (including phenoxy) is 1. The fourth-order valence-electron chi connectivity index (χ4n) is 7.10. The van der Waals surface area contributed by atoms with E-state index in [1.54, 1.807) is 0 Å². The molecular weight excluding hydrogens is 507 g/mol. The first kappa shape index (κ1) is 27.6. The number of esters is 1. The number of ketones is 1. The zero-order valence-electron chi connectivity index (χ0n) is 21.2. The van der Waals surface area contributed by atoms with E-state index in [4.69, 9.17) is 15.0 Å². The zero-order valence-corrected chi connectivity index (χ0v) is 22.9. The molecule has 202 valence electrons. The number of rotatable bonds is 7. The van der Waals surface area contributed by atoms with Gasteiger partial charge in [-0.25, -0.2) is 9.66 Å². The molecule has 0 aliphatic heterocycles. The van der Waals surface area contributed by atoms with E-state index in [1.165, 1.54) is 0 Å². The zero-order chi connectivity index (χ0) is 26.5. The molecule has 0 spiro atoms. The number of hydrogen-bond donors (Lipinski definition) is 4. The first-order valence-corrected chi connectivity index (χ1v) is 15.0. The highest BCUT2D eigenvalue weighted by atomic mass is 32.2. The third kappa shape index (κ3) is 4.99. The molecule has 1 aromatic rings. The van der Waals surface area contributed by atoms with Crippen LogP contribution in [0.15, 0.2) is 5.16 Å². The lowest BCUT2D eigenvalue weighted by Gasteiger charge is -2.60. The molecule has 36 heavy (non-hydrogen) atoms. The van der Waals surface area contributed by atoms with Crippen LogP contribution in [0.3, 0.4) is 0 Å². The number of phosphoric ester groups is 1. The van der Waals surface area contributed by atoms with Crippen molar-refractivity contribution in [3.8, 4) is 0 Å². The van der Waals surface area contributed by atoms with Crippen molar-refractivity contribution in [2.45, 2.75) is 90.0 Å². The number of nitrogens with two attached hydrogens (primary N) is 1. The molecule has 0 aromatic carbocycles. The predicted molar refractivity (Wildman–Crippen MR) is 133 cm³/mol. The van der Waals surface area contributed by atoms with Gasteiger partial charge in [-0.2, -0.15) is 4.98 Å². The molecule has 1 aromatic heterocycles. The van der Waals surface area contributed by atoms with Crippen LogP contribution in [-0.4, -0.2) is 54.7 Å². The van der Waals surface area contributed by atoms with E-state index in [-0.39, 0.29) is 29.3 Å². The lowest BCUT2D eigenvalue weighted by Crippen LogP contribution is -2.60. The Morgan fingerprint density at radius 3 is 2.61 bits per heavy atom. The van der Waals surface area contributed by atoms with E-state index >= 15 is 0 Å². The molecule has 4 rings (SSSR count). The van der Waals surface area contributed by atoms with Crippen molar-refractivity contribution < 1.29 is 33.2 Å². The SMILES string of the molecule is CC[C@]1(C)C[C@@H](OC(=O)CSc2n[nH]c(N)n2)[C@]2(C)[C@H](C)CCC3(CCC(=O)[C@H]32)C[C@@H]1OP(=O)(O)O. The molecule has 0 saturated heterocycles. The molecule has 3 fully saturated rings. The van der Waals surface area contributed by atoms with Gasteiger partial charge in [0.2, 0.25) is 11.1 Å². The van der Waals surface area contributed by atoms with Crippen LogP contribution in [0.25, 0.3) is 0 Å². The quantitative estimate of drug-likeness (QED) is 0.224. The highest BCUT2D eigenvalue weighted by Gasteiger charge is 2.66. The van der Waals surface area contributed by atoms with E-state index < -0.39 is 42.2 Å². The highest BCUT2D eigenvalue weighted by Crippen LogP contribution is 2.67. The average molecular weight is 545 g/mol. The molecular formula is C23H37N4O7PS. The van der Waals surface area contributed by atoms with Crippen molar-refractivity contribution in [3.05, 3.63) is 0 Å². The monoisotopic (exact) mass is 544 g/mol.